The molecule has 0 spiro atoms. The molecule has 1 unspecified atom stereocenters. The van der Waals surface area contributed by atoms with Gasteiger partial charge in [-0.25, -0.2) is 4.39 Å². The molecular weight excluding hydrogens is 299 g/mol. The van der Waals surface area contributed by atoms with E-state index in [4.69, 9.17) is 0 Å². The number of aryl methyl sites for hydroxylation is 1. The minimum Gasteiger partial charge on any atom is -0.321 e. The molecule has 116 valence electrons. The first kappa shape index (κ1) is 15.2. The molecule has 2 heterocycles. The van der Waals surface area contributed by atoms with Crippen LogP contribution in [-0.4, -0.2) is 19.0 Å². The van der Waals surface area contributed by atoms with Crippen molar-refractivity contribution in [3.05, 3.63) is 51.5 Å². The molecule has 1 aromatic heterocycles. The number of fused-ring (bicyclic) bond motifs is 1. The molecule has 0 saturated carbocycles. The fourth-order valence-corrected chi connectivity index (χ4v) is 3.95. The summed E-state index contributed by atoms with van der Waals surface area (Å²) in [5.74, 6) is -0.358. The summed E-state index contributed by atoms with van der Waals surface area (Å²) in [5.41, 5.74) is 2.46. The number of rotatable bonds is 3. The van der Waals surface area contributed by atoms with Gasteiger partial charge in [-0.1, -0.05) is 6.07 Å². The average molecular weight is 319 g/mol. The van der Waals surface area contributed by atoms with E-state index in [-0.39, 0.29) is 11.7 Å². The van der Waals surface area contributed by atoms with Crippen molar-refractivity contribution in [3.8, 4) is 0 Å². The maximum Gasteiger partial charge on any atom is 0.279 e. The Morgan fingerprint density at radius 1 is 1.45 bits per heavy atom. The van der Waals surface area contributed by atoms with E-state index in [0.29, 0.717) is 23.8 Å². The van der Waals surface area contributed by atoms with E-state index >= 15 is 0 Å². The minimum absolute atomic E-state index is 0.0659. The second-order valence-electron chi connectivity index (χ2n) is 5.87. The van der Waals surface area contributed by atoms with Crippen LogP contribution in [0.15, 0.2) is 29.6 Å². The first-order valence-electron chi connectivity index (χ1n) is 7.51. The Morgan fingerprint density at radius 3 is 3.05 bits per heavy atom. The molecule has 0 radical (unpaired) electrons. The Morgan fingerprint density at radius 2 is 2.27 bits per heavy atom. The molecule has 0 aliphatic carbocycles. The summed E-state index contributed by atoms with van der Waals surface area (Å²) in [6.45, 7) is 5.24. The number of amides is 1. The lowest BCUT2D eigenvalue weighted by atomic mass is 10.0. The molecule has 3 rings (SSSR count). The molecule has 3 nitrogen and oxygen atoms in total. The molecule has 0 saturated heterocycles. The van der Waals surface area contributed by atoms with Gasteiger partial charge < -0.3 is 10.2 Å². The Balaban J connectivity index is 1.64. The predicted molar refractivity (Wildman–Crippen MR) is 86.9 cm³/mol. The summed E-state index contributed by atoms with van der Waals surface area (Å²) >= 11 is 1.80. The molecule has 1 aliphatic rings. The lowest BCUT2D eigenvalue weighted by Crippen LogP contribution is -3.14. The normalized spacial score (nSPS) is 20.5. The molecule has 2 atom stereocenters. The Kier molecular flexibility index (Phi) is 4.27. The highest BCUT2D eigenvalue weighted by atomic mass is 32.1. The van der Waals surface area contributed by atoms with Gasteiger partial charge in [0, 0.05) is 22.5 Å². The molecule has 0 fully saturated rings. The highest BCUT2D eigenvalue weighted by Gasteiger charge is 2.29. The zero-order chi connectivity index (χ0) is 15.7. The van der Waals surface area contributed by atoms with Crippen molar-refractivity contribution in [1.82, 2.24) is 0 Å². The molecule has 2 N–H and O–H groups in total. The van der Waals surface area contributed by atoms with Crippen molar-refractivity contribution < 1.29 is 14.1 Å². The molecule has 2 aromatic rings. The van der Waals surface area contributed by atoms with Gasteiger partial charge in [-0.05, 0) is 43.0 Å². The van der Waals surface area contributed by atoms with E-state index in [0.717, 1.165) is 13.0 Å². The van der Waals surface area contributed by atoms with Gasteiger partial charge in [0.25, 0.3) is 5.91 Å². The van der Waals surface area contributed by atoms with Gasteiger partial charge in [0.1, 0.15) is 11.9 Å². The fourth-order valence-electron chi connectivity index (χ4n) is 2.97. The van der Waals surface area contributed by atoms with E-state index in [1.54, 1.807) is 30.4 Å². The molecular formula is C17H20FN2OS+. The van der Waals surface area contributed by atoms with Crippen LogP contribution >= 0.6 is 11.3 Å². The second kappa shape index (κ2) is 6.18. The number of thiophene rings is 1. The minimum atomic E-state index is -0.292. The number of hydrogen-bond acceptors (Lipinski definition) is 2. The van der Waals surface area contributed by atoms with Gasteiger partial charge >= 0.3 is 0 Å². The van der Waals surface area contributed by atoms with Crippen molar-refractivity contribution >= 4 is 22.9 Å². The number of hydrogen-bond donors (Lipinski definition) is 2. The van der Waals surface area contributed by atoms with Crippen LogP contribution in [0.1, 0.15) is 29.0 Å². The average Bonchev–Trinajstić information content (AvgIpc) is 2.95. The molecule has 1 amide bonds. The Labute approximate surface area is 133 Å². The van der Waals surface area contributed by atoms with Gasteiger partial charge in [-0.15, -0.1) is 11.3 Å². The first-order valence-corrected chi connectivity index (χ1v) is 8.39. The van der Waals surface area contributed by atoms with Crippen LogP contribution in [0.4, 0.5) is 10.1 Å². The molecule has 0 bridgehead atoms. The summed E-state index contributed by atoms with van der Waals surface area (Å²) in [5, 5.41) is 4.92. The third-order valence-electron chi connectivity index (χ3n) is 4.38. The molecule has 5 heteroatoms. The van der Waals surface area contributed by atoms with Gasteiger partial charge in [-0.3, -0.25) is 4.79 Å². The maximum absolute atomic E-state index is 13.5. The second-order valence-corrected chi connectivity index (χ2v) is 6.87. The van der Waals surface area contributed by atoms with Crippen molar-refractivity contribution in [2.24, 2.45) is 0 Å². The molecule has 22 heavy (non-hydrogen) atoms. The summed E-state index contributed by atoms with van der Waals surface area (Å²) in [7, 11) is 0. The number of benzene rings is 1. The largest absolute Gasteiger partial charge is 0.321 e. The quantitative estimate of drug-likeness (QED) is 0.894. The van der Waals surface area contributed by atoms with Gasteiger partial charge in [0.15, 0.2) is 6.54 Å². The van der Waals surface area contributed by atoms with Gasteiger partial charge in [-0.2, -0.15) is 0 Å². The van der Waals surface area contributed by atoms with E-state index in [1.807, 2.05) is 0 Å². The summed E-state index contributed by atoms with van der Waals surface area (Å²) in [6.07, 6.45) is 1.03. The van der Waals surface area contributed by atoms with E-state index in [9.17, 15) is 9.18 Å². The molecule has 1 aromatic carbocycles. The highest BCUT2D eigenvalue weighted by Crippen LogP contribution is 2.24. The first-order chi connectivity index (χ1) is 10.5. The summed E-state index contributed by atoms with van der Waals surface area (Å²) < 4.78 is 13.5. The van der Waals surface area contributed by atoms with Crippen molar-refractivity contribution in [2.45, 2.75) is 26.3 Å². The number of halogens is 1. The number of anilines is 1. The maximum atomic E-state index is 13.5. The number of carbonyl (C=O) groups excluding carboxylic acids is 1. The zero-order valence-corrected chi connectivity index (χ0v) is 13.6. The lowest BCUT2D eigenvalue weighted by molar-refractivity contribution is -0.923. The number of nitrogens with one attached hydrogen (secondary N) is 2. The number of carbonyl (C=O) groups is 1. The van der Waals surface area contributed by atoms with E-state index in [1.165, 1.54) is 21.4 Å². The van der Waals surface area contributed by atoms with E-state index < -0.39 is 0 Å². The summed E-state index contributed by atoms with van der Waals surface area (Å²) in [4.78, 5) is 14.9. The van der Waals surface area contributed by atoms with E-state index in [2.05, 4.69) is 23.7 Å². The van der Waals surface area contributed by atoms with Gasteiger partial charge in [0.2, 0.25) is 0 Å². The van der Waals surface area contributed by atoms with Crippen molar-refractivity contribution in [2.75, 3.05) is 18.4 Å². The Bertz CT molecular complexity index is 698. The lowest BCUT2D eigenvalue weighted by Gasteiger charge is -2.29. The van der Waals surface area contributed by atoms with Crippen LogP contribution in [0, 0.1) is 12.7 Å². The van der Waals surface area contributed by atoms with Crippen LogP contribution in [0.25, 0.3) is 0 Å². The standard InChI is InChI=1S/C17H19FN2OS/c1-11-3-4-13(9-15(11)18)19-17(21)10-20-7-5-16-14(12(20)2)6-8-22-16/h3-4,6,8-9,12H,5,7,10H2,1-2H3,(H,19,21)/p+1/t12-/m1/s1. The predicted octanol–water partition coefficient (Wildman–Crippen LogP) is 2.34. The van der Waals surface area contributed by atoms with Gasteiger partial charge in [0.05, 0.1) is 6.54 Å². The fraction of sp³-hybridized carbons (Fsp3) is 0.353. The number of quaternary nitrogens is 1. The zero-order valence-electron chi connectivity index (χ0n) is 12.8. The third kappa shape index (κ3) is 3.05. The van der Waals surface area contributed by atoms with Crippen LogP contribution in [0.5, 0.6) is 0 Å². The van der Waals surface area contributed by atoms with Crippen LogP contribution in [0.2, 0.25) is 0 Å². The third-order valence-corrected chi connectivity index (χ3v) is 5.37. The van der Waals surface area contributed by atoms with Crippen LogP contribution in [0.3, 0.4) is 0 Å². The Hall–Kier alpha value is -1.72. The summed E-state index contributed by atoms with van der Waals surface area (Å²) in [6, 6.07) is 7.29. The van der Waals surface area contributed by atoms with Crippen LogP contribution < -0.4 is 10.2 Å². The van der Waals surface area contributed by atoms with Crippen molar-refractivity contribution in [1.29, 1.82) is 0 Å². The smallest absolute Gasteiger partial charge is 0.279 e. The highest BCUT2D eigenvalue weighted by molar-refractivity contribution is 7.10. The SMILES string of the molecule is Cc1ccc(NC(=O)C[NH+]2CCc3sccc3[C@H]2C)cc1F. The monoisotopic (exact) mass is 319 g/mol. The van der Waals surface area contributed by atoms with Crippen LogP contribution in [-0.2, 0) is 11.2 Å². The topological polar surface area (TPSA) is 33.5 Å². The molecule has 1 aliphatic heterocycles. The van der Waals surface area contributed by atoms with Crippen molar-refractivity contribution in [3.63, 3.8) is 0 Å².